The molecule has 0 aromatic heterocycles. The maximum absolute atomic E-state index is 8.75. The van der Waals surface area contributed by atoms with Crippen molar-refractivity contribution in [1.82, 2.24) is 0 Å². The van der Waals surface area contributed by atoms with Gasteiger partial charge < -0.3 is 9.47 Å². The van der Waals surface area contributed by atoms with Crippen LogP contribution in [0.4, 0.5) is 0 Å². The van der Waals surface area contributed by atoms with Gasteiger partial charge in [-0.3, -0.25) is 0 Å². The van der Waals surface area contributed by atoms with Crippen molar-refractivity contribution in [1.29, 1.82) is 5.26 Å². The van der Waals surface area contributed by atoms with Crippen LogP contribution >= 0.6 is 0 Å². The number of nitrogens with zero attached hydrogens (tertiary/aromatic N) is 1. The fraction of sp³-hybridized carbons (Fsp3) is 0.533. The van der Waals surface area contributed by atoms with E-state index in [2.05, 4.69) is 19.9 Å². The van der Waals surface area contributed by atoms with Gasteiger partial charge in [0.2, 0.25) is 0 Å². The zero-order chi connectivity index (χ0) is 13.2. The van der Waals surface area contributed by atoms with Crippen molar-refractivity contribution in [3.63, 3.8) is 0 Å². The van der Waals surface area contributed by atoms with Crippen molar-refractivity contribution in [3.05, 3.63) is 29.8 Å². The first-order valence-corrected chi connectivity index (χ1v) is 6.43. The van der Waals surface area contributed by atoms with Gasteiger partial charge in [-0.05, 0) is 37.0 Å². The second-order valence-corrected chi connectivity index (χ2v) is 4.64. The molecule has 18 heavy (non-hydrogen) atoms. The molecule has 0 amide bonds. The van der Waals surface area contributed by atoms with E-state index >= 15 is 0 Å². The summed E-state index contributed by atoms with van der Waals surface area (Å²) in [5.74, 6) is 1.46. The molecular weight excluding hydrogens is 226 g/mol. The van der Waals surface area contributed by atoms with Crippen LogP contribution in [0, 0.1) is 17.2 Å². The summed E-state index contributed by atoms with van der Waals surface area (Å²) in [6.45, 7) is 6.34. The topological polar surface area (TPSA) is 42.2 Å². The Hall–Kier alpha value is -1.53. The van der Waals surface area contributed by atoms with Gasteiger partial charge in [0, 0.05) is 6.61 Å². The summed E-state index contributed by atoms with van der Waals surface area (Å²) in [5, 5.41) is 8.75. The van der Waals surface area contributed by atoms with Crippen molar-refractivity contribution < 1.29 is 9.47 Å². The van der Waals surface area contributed by atoms with Crippen LogP contribution in [-0.4, -0.2) is 19.8 Å². The zero-order valence-electron chi connectivity index (χ0n) is 11.2. The Bertz CT molecular complexity index is 382. The third kappa shape index (κ3) is 6.27. The van der Waals surface area contributed by atoms with E-state index in [0.717, 1.165) is 24.7 Å². The predicted molar refractivity (Wildman–Crippen MR) is 71.5 cm³/mol. The second-order valence-electron chi connectivity index (χ2n) is 4.64. The standard InChI is InChI=1S/C15H21NO2/c1-13(2)5-4-8-17-9-10-18-15-7-3-6-14(11-15)12-16/h3,6-7,11,13H,4-5,8-10H2,1-2H3. The van der Waals surface area contributed by atoms with Gasteiger partial charge in [0.1, 0.15) is 12.4 Å². The van der Waals surface area contributed by atoms with Crippen LogP contribution < -0.4 is 4.74 Å². The van der Waals surface area contributed by atoms with Gasteiger partial charge >= 0.3 is 0 Å². The van der Waals surface area contributed by atoms with E-state index in [1.165, 1.54) is 6.42 Å². The number of benzene rings is 1. The highest BCUT2D eigenvalue weighted by Gasteiger charge is 1.97. The normalized spacial score (nSPS) is 10.3. The van der Waals surface area contributed by atoms with Crippen molar-refractivity contribution in [2.24, 2.45) is 5.92 Å². The summed E-state index contributed by atoms with van der Waals surface area (Å²) in [5.41, 5.74) is 0.616. The minimum absolute atomic E-state index is 0.524. The number of hydrogen-bond donors (Lipinski definition) is 0. The molecule has 0 spiro atoms. The highest BCUT2D eigenvalue weighted by Crippen LogP contribution is 2.12. The van der Waals surface area contributed by atoms with Crippen LogP contribution in [0.2, 0.25) is 0 Å². The smallest absolute Gasteiger partial charge is 0.120 e. The summed E-state index contributed by atoms with van der Waals surface area (Å²) in [6, 6.07) is 9.24. The number of hydrogen-bond acceptors (Lipinski definition) is 3. The Labute approximate surface area is 109 Å². The molecule has 1 rings (SSSR count). The van der Waals surface area contributed by atoms with E-state index in [4.69, 9.17) is 14.7 Å². The molecule has 1 aromatic rings. The fourth-order valence-electron chi connectivity index (χ4n) is 1.57. The SMILES string of the molecule is CC(C)CCCOCCOc1cccc(C#N)c1. The first-order chi connectivity index (χ1) is 8.72. The average Bonchev–Trinajstić information content (AvgIpc) is 2.37. The molecule has 1 aromatic carbocycles. The Balaban J connectivity index is 2.09. The first-order valence-electron chi connectivity index (χ1n) is 6.43. The molecule has 0 saturated heterocycles. The van der Waals surface area contributed by atoms with Gasteiger partial charge in [0.15, 0.2) is 0 Å². The molecule has 0 unspecified atom stereocenters. The molecule has 0 heterocycles. The largest absolute Gasteiger partial charge is 0.491 e. The lowest BCUT2D eigenvalue weighted by atomic mass is 10.1. The lowest BCUT2D eigenvalue weighted by Gasteiger charge is -2.08. The summed E-state index contributed by atoms with van der Waals surface area (Å²) >= 11 is 0. The van der Waals surface area contributed by atoms with E-state index in [9.17, 15) is 0 Å². The maximum Gasteiger partial charge on any atom is 0.120 e. The molecule has 0 aliphatic rings. The van der Waals surface area contributed by atoms with Crippen LogP contribution in [0.1, 0.15) is 32.3 Å². The van der Waals surface area contributed by atoms with E-state index in [1.54, 1.807) is 12.1 Å². The zero-order valence-corrected chi connectivity index (χ0v) is 11.2. The lowest BCUT2D eigenvalue weighted by Crippen LogP contribution is -2.08. The maximum atomic E-state index is 8.75. The Morgan fingerprint density at radius 3 is 2.78 bits per heavy atom. The van der Waals surface area contributed by atoms with Crippen molar-refractivity contribution in [2.75, 3.05) is 19.8 Å². The molecular formula is C15H21NO2. The van der Waals surface area contributed by atoms with E-state index in [0.29, 0.717) is 18.8 Å². The van der Waals surface area contributed by atoms with Crippen LogP contribution in [0.25, 0.3) is 0 Å². The molecule has 3 nitrogen and oxygen atoms in total. The third-order valence-electron chi connectivity index (χ3n) is 2.53. The fourth-order valence-corrected chi connectivity index (χ4v) is 1.57. The average molecular weight is 247 g/mol. The van der Waals surface area contributed by atoms with Crippen LogP contribution in [0.3, 0.4) is 0 Å². The monoisotopic (exact) mass is 247 g/mol. The highest BCUT2D eigenvalue weighted by molar-refractivity contribution is 5.36. The Morgan fingerprint density at radius 2 is 2.06 bits per heavy atom. The number of nitriles is 1. The Morgan fingerprint density at radius 1 is 1.22 bits per heavy atom. The van der Waals surface area contributed by atoms with E-state index in [1.807, 2.05) is 12.1 Å². The molecule has 98 valence electrons. The lowest BCUT2D eigenvalue weighted by molar-refractivity contribution is 0.0957. The summed E-state index contributed by atoms with van der Waals surface area (Å²) in [6.07, 6.45) is 2.30. The van der Waals surface area contributed by atoms with Gasteiger partial charge in [-0.25, -0.2) is 0 Å². The van der Waals surface area contributed by atoms with Gasteiger partial charge in [0.05, 0.1) is 18.2 Å². The van der Waals surface area contributed by atoms with Crippen molar-refractivity contribution in [3.8, 4) is 11.8 Å². The molecule has 0 saturated carbocycles. The highest BCUT2D eigenvalue weighted by atomic mass is 16.5. The molecule has 0 fully saturated rings. The number of rotatable bonds is 8. The van der Waals surface area contributed by atoms with Gasteiger partial charge in [-0.1, -0.05) is 19.9 Å². The number of ether oxygens (including phenoxy) is 2. The first kappa shape index (κ1) is 14.5. The molecule has 0 radical (unpaired) electrons. The quantitative estimate of drug-likeness (QED) is 0.661. The van der Waals surface area contributed by atoms with Crippen LogP contribution in [0.5, 0.6) is 5.75 Å². The summed E-state index contributed by atoms with van der Waals surface area (Å²) in [4.78, 5) is 0. The minimum atomic E-state index is 0.524. The summed E-state index contributed by atoms with van der Waals surface area (Å²) < 4.78 is 11.0. The minimum Gasteiger partial charge on any atom is -0.491 e. The van der Waals surface area contributed by atoms with Gasteiger partial charge in [-0.15, -0.1) is 0 Å². The summed E-state index contributed by atoms with van der Waals surface area (Å²) in [7, 11) is 0. The third-order valence-corrected chi connectivity index (χ3v) is 2.53. The second kappa shape index (κ2) is 8.54. The molecule has 0 atom stereocenters. The van der Waals surface area contributed by atoms with Gasteiger partial charge in [0.25, 0.3) is 0 Å². The predicted octanol–water partition coefficient (Wildman–Crippen LogP) is 3.39. The Kier molecular flexibility index (Phi) is 6.90. The van der Waals surface area contributed by atoms with E-state index in [-0.39, 0.29) is 0 Å². The van der Waals surface area contributed by atoms with Crippen molar-refractivity contribution in [2.45, 2.75) is 26.7 Å². The molecule has 0 aliphatic heterocycles. The molecule has 0 N–H and O–H groups in total. The molecule has 0 bridgehead atoms. The molecule has 0 aliphatic carbocycles. The van der Waals surface area contributed by atoms with Crippen LogP contribution in [-0.2, 0) is 4.74 Å². The van der Waals surface area contributed by atoms with Crippen LogP contribution in [0.15, 0.2) is 24.3 Å². The molecule has 3 heteroatoms. The van der Waals surface area contributed by atoms with Gasteiger partial charge in [-0.2, -0.15) is 5.26 Å². The van der Waals surface area contributed by atoms with Crippen molar-refractivity contribution >= 4 is 0 Å². The van der Waals surface area contributed by atoms with E-state index < -0.39 is 0 Å².